The number of esters is 1. The lowest BCUT2D eigenvalue weighted by Gasteiger charge is -2.19. The summed E-state index contributed by atoms with van der Waals surface area (Å²) in [4.78, 5) is 25.5. The molecule has 0 amide bonds. The smallest absolute Gasteiger partial charge is 0.310 e. The van der Waals surface area contributed by atoms with Crippen LogP contribution in [0.25, 0.3) is 0 Å². The average molecular weight is 281 g/mol. The number of carbonyl (C=O) groups excluding carboxylic acids is 1. The molecule has 0 unspecified atom stereocenters. The van der Waals surface area contributed by atoms with E-state index in [0.29, 0.717) is 18.7 Å². The second-order valence-electron chi connectivity index (χ2n) is 5.27. The van der Waals surface area contributed by atoms with E-state index in [0.717, 1.165) is 0 Å². The van der Waals surface area contributed by atoms with Crippen molar-refractivity contribution in [1.29, 1.82) is 0 Å². The molecule has 20 heavy (non-hydrogen) atoms. The molecule has 1 rings (SSSR count). The van der Waals surface area contributed by atoms with Gasteiger partial charge in [0, 0.05) is 19.2 Å². The molecule has 1 heterocycles. The van der Waals surface area contributed by atoms with Crippen molar-refractivity contribution in [3.8, 4) is 0 Å². The maximum Gasteiger partial charge on any atom is 0.310 e. The number of anilines is 1. The summed E-state index contributed by atoms with van der Waals surface area (Å²) in [5, 5.41) is 13.7. The Morgan fingerprint density at radius 2 is 2.20 bits per heavy atom. The van der Waals surface area contributed by atoms with Crippen molar-refractivity contribution < 1.29 is 14.5 Å². The normalized spacial score (nSPS) is 10.9. The molecule has 1 aromatic rings. The van der Waals surface area contributed by atoms with Gasteiger partial charge in [-0.1, -0.05) is 0 Å². The molecule has 0 bridgehead atoms. The molecular formula is C13H19N3O4. The highest BCUT2D eigenvalue weighted by atomic mass is 16.6. The summed E-state index contributed by atoms with van der Waals surface area (Å²) in [5.41, 5.74) is -0.173. The zero-order valence-electron chi connectivity index (χ0n) is 11.9. The van der Waals surface area contributed by atoms with E-state index in [4.69, 9.17) is 4.74 Å². The first-order valence-corrected chi connectivity index (χ1v) is 6.34. The van der Waals surface area contributed by atoms with Crippen LogP contribution in [-0.4, -0.2) is 28.0 Å². The summed E-state index contributed by atoms with van der Waals surface area (Å²) < 4.78 is 5.17. The van der Waals surface area contributed by atoms with Crippen molar-refractivity contribution in [2.24, 2.45) is 0 Å². The Balaban J connectivity index is 2.39. The second-order valence-corrected chi connectivity index (χ2v) is 5.27. The minimum Gasteiger partial charge on any atom is -0.460 e. The minimum absolute atomic E-state index is 0.0789. The van der Waals surface area contributed by atoms with E-state index in [1.165, 1.54) is 18.5 Å². The lowest BCUT2D eigenvalue weighted by molar-refractivity contribution is -0.384. The van der Waals surface area contributed by atoms with Gasteiger partial charge < -0.3 is 10.1 Å². The second kappa shape index (κ2) is 6.83. The van der Waals surface area contributed by atoms with E-state index in [9.17, 15) is 14.9 Å². The van der Waals surface area contributed by atoms with Crippen LogP contribution in [0.15, 0.2) is 18.5 Å². The molecule has 0 aliphatic heterocycles. The Kier molecular flexibility index (Phi) is 5.42. The summed E-state index contributed by atoms with van der Waals surface area (Å²) in [6.45, 7) is 5.88. The molecule has 0 saturated heterocycles. The SMILES string of the molecule is CC(C)(C)OC(=O)CCCNc1ccncc1[N+](=O)[O-]. The number of aromatic nitrogens is 1. The Hall–Kier alpha value is -2.18. The van der Waals surface area contributed by atoms with E-state index in [1.807, 2.05) is 20.8 Å². The summed E-state index contributed by atoms with van der Waals surface area (Å²) in [5.74, 6) is -0.275. The monoisotopic (exact) mass is 281 g/mol. The minimum atomic E-state index is -0.497. The van der Waals surface area contributed by atoms with Crippen molar-refractivity contribution in [2.45, 2.75) is 39.2 Å². The fourth-order valence-electron chi connectivity index (χ4n) is 1.53. The fourth-order valence-corrected chi connectivity index (χ4v) is 1.53. The van der Waals surface area contributed by atoms with Crippen molar-refractivity contribution >= 4 is 17.3 Å². The summed E-state index contributed by atoms with van der Waals surface area (Å²) in [6, 6.07) is 1.53. The van der Waals surface area contributed by atoms with Crippen LogP contribution in [0.3, 0.4) is 0 Å². The van der Waals surface area contributed by atoms with Gasteiger partial charge in [-0.15, -0.1) is 0 Å². The van der Waals surface area contributed by atoms with Gasteiger partial charge in [0.05, 0.1) is 4.92 Å². The van der Waals surface area contributed by atoms with Crippen LogP contribution < -0.4 is 5.32 Å². The molecule has 0 radical (unpaired) electrons. The zero-order valence-corrected chi connectivity index (χ0v) is 11.9. The van der Waals surface area contributed by atoms with Crippen LogP contribution in [-0.2, 0) is 9.53 Å². The van der Waals surface area contributed by atoms with Crippen LogP contribution in [0.2, 0.25) is 0 Å². The molecular weight excluding hydrogens is 262 g/mol. The van der Waals surface area contributed by atoms with Gasteiger partial charge in [-0.05, 0) is 33.3 Å². The number of nitrogens with zero attached hydrogens (tertiary/aromatic N) is 2. The van der Waals surface area contributed by atoms with Crippen molar-refractivity contribution in [3.63, 3.8) is 0 Å². The van der Waals surface area contributed by atoms with Gasteiger partial charge in [0.15, 0.2) is 0 Å². The standard InChI is InChI=1S/C13H19N3O4/c1-13(2,3)20-12(17)5-4-7-15-10-6-8-14-9-11(10)16(18)19/h6,8-9H,4-5,7H2,1-3H3,(H,14,15). The van der Waals surface area contributed by atoms with Gasteiger partial charge in [-0.25, -0.2) is 0 Å². The van der Waals surface area contributed by atoms with E-state index in [2.05, 4.69) is 10.3 Å². The Bertz CT molecular complexity index is 483. The predicted octanol–water partition coefficient (Wildman–Crippen LogP) is 2.52. The van der Waals surface area contributed by atoms with E-state index in [1.54, 1.807) is 0 Å². The Morgan fingerprint density at radius 1 is 1.50 bits per heavy atom. The summed E-state index contributed by atoms with van der Waals surface area (Å²) >= 11 is 0. The molecule has 7 heteroatoms. The van der Waals surface area contributed by atoms with Crippen molar-refractivity contribution in [2.75, 3.05) is 11.9 Å². The van der Waals surface area contributed by atoms with Crippen LogP contribution in [0.1, 0.15) is 33.6 Å². The first-order chi connectivity index (χ1) is 9.29. The van der Waals surface area contributed by atoms with Crippen LogP contribution in [0.5, 0.6) is 0 Å². The van der Waals surface area contributed by atoms with E-state index in [-0.39, 0.29) is 18.1 Å². The van der Waals surface area contributed by atoms with Crippen LogP contribution in [0, 0.1) is 10.1 Å². The molecule has 7 nitrogen and oxygen atoms in total. The van der Waals surface area contributed by atoms with Gasteiger partial charge in [-0.2, -0.15) is 0 Å². The number of hydrogen-bond donors (Lipinski definition) is 1. The lowest BCUT2D eigenvalue weighted by atomic mass is 10.2. The van der Waals surface area contributed by atoms with Gasteiger partial charge in [0.25, 0.3) is 0 Å². The van der Waals surface area contributed by atoms with Crippen molar-refractivity contribution in [3.05, 3.63) is 28.6 Å². The molecule has 0 saturated carbocycles. The molecule has 0 aliphatic carbocycles. The Morgan fingerprint density at radius 3 is 2.80 bits per heavy atom. The van der Waals surface area contributed by atoms with Gasteiger partial charge in [-0.3, -0.25) is 19.9 Å². The van der Waals surface area contributed by atoms with Crippen LogP contribution in [0.4, 0.5) is 11.4 Å². The highest BCUT2D eigenvalue weighted by molar-refractivity contribution is 5.70. The zero-order chi connectivity index (χ0) is 15.2. The fraction of sp³-hybridized carbons (Fsp3) is 0.538. The topological polar surface area (TPSA) is 94.4 Å². The molecule has 1 aromatic heterocycles. The Labute approximate surface area is 117 Å². The number of hydrogen-bond acceptors (Lipinski definition) is 6. The molecule has 0 aromatic carbocycles. The number of nitro groups is 1. The van der Waals surface area contributed by atoms with Gasteiger partial charge in [0.1, 0.15) is 17.5 Å². The van der Waals surface area contributed by atoms with E-state index >= 15 is 0 Å². The largest absolute Gasteiger partial charge is 0.460 e. The lowest BCUT2D eigenvalue weighted by Crippen LogP contribution is -2.24. The molecule has 0 spiro atoms. The number of ether oxygens (including phenoxy) is 1. The molecule has 1 N–H and O–H groups in total. The summed E-state index contributed by atoms with van der Waals surface area (Å²) in [6.07, 6.45) is 3.47. The number of rotatable bonds is 6. The maximum absolute atomic E-state index is 11.5. The third-order valence-electron chi connectivity index (χ3n) is 2.29. The van der Waals surface area contributed by atoms with Gasteiger partial charge in [0.2, 0.25) is 0 Å². The number of pyridine rings is 1. The quantitative estimate of drug-likeness (QED) is 0.372. The third kappa shape index (κ3) is 5.64. The predicted molar refractivity (Wildman–Crippen MR) is 74.5 cm³/mol. The molecule has 0 atom stereocenters. The van der Waals surface area contributed by atoms with Crippen molar-refractivity contribution in [1.82, 2.24) is 4.98 Å². The third-order valence-corrected chi connectivity index (χ3v) is 2.29. The number of carbonyl (C=O) groups is 1. The maximum atomic E-state index is 11.5. The first-order valence-electron chi connectivity index (χ1n) is 6.34. The average Bonchev–Trinajstić information content (AvgIpc) is 2.33. The van der Waals surface area contributed by atoms with Gasteiger partial charge >= 0.3 is 11.7 Å². The van der Waals surface area contributed by atoms with E-state index < -0.39 is 10.5 Å². The highest BCUT2D eigenvalue weighted by Gasteiger charge is 2.16. The molecule has 0 fully saturated rings. The first kappa shape index (κ1) is 15.9. The molecule has 110 valence electrons. The number of nitrogens with one attached hydrogen (secondary N) is 1. The highest BCUT2D eigenvalue weighted by Crippen LogP contribution is 2.21. The molecule has 0 aliphatic rings. The summed E-state index contributed by atoms with van der Waals surface area (Å²) in [7, 11) is 0. The van der Waals surface area contributed by atoms with Crippen LogP contribution >= 0.6 is 0 Å².